The molecule has 0 saturated carbocycles. The van der Waals surface area contributed by atoms with Gasteiger partial charge in [-0.3, -0.25) is 0 Å². The Morgan fingerprint density at radius 3 is 2.67 bits per heavy atom. The first kappa shape index (κ1) is 18.6. The maximum atomic E-state index is 13.2. The van der Waals surface area contributed by atoms with Crippen LogP contribution >= 0.6 is 0 Å². The molecule has 1 aromatic heterocycles. The molecular weight excluding hydrogens is 378 g/mol. The summed E-state index contributed by atoms with van der Waals surface area (Å²) < 4.78 is 10.5. The number of ether oxygens (including phenoxy) is 2. The van der Waals surface area contributed by atoms with E-state index in [9.17, 15) is 9.59 Å². The maximum absolute atomic E-state index is 13.2. The van der Waals surface area contributed by atoms with Crippen molar-refractivity contribution in [2.45, 2.75) is 31.8 Å². The molecule has 0 bridgehead atoms. The largest absolute Gasteiger partial charge is 0.463 e. The van der Waals surface area contributed by atoms with Gasteiger partial charge in [-0.25, -0.2) is 14.6 Å². The molecule has 0 radical (unpaired) electrons. The molecule has 1 aliphatic carbocycles. The van der Waals surface area contributed by atoms with Gasteiger partial charge in [-0.2, -0.15) is 0 Å². The maximum Gasteiger partial charge on any atom is 0.347 e. The van der Waals surface area contributed by atoms with Crippen molar-refractivity contribution in [3.05, 3.63) is 77.0 Å². The first-order valence-electron chi connectivity index (χ1n) is 10.3. The van der Waals surface area contributed by atoms with E-state index in [1.165, 1.54) is 0 Å². The van der Waals surface area contributed by atoms with Gasteiger partial charge in [-0.1, -0.05) is 48.5 Å². The minimum atomic E-state index is -0.831. The van der Waals surface area contributed by atoms with Crippen LogP contribution < -0.4 is 0 Å². The van der Waals surface area contributed by atoms with Gasteiger partial charge >= 0.3 is 11.9 Å². The highest BCUT2D eigenvalue weighted by Crippen LogP contribution is 2.36. The normalized spacial score (nSPS) is 19.5. The summed E-state index contributed by atoms with van der Waals surface area (Å²) in [5.74, 6) is -0.949. The lowest BCUT2D eigenvalue weighted by molar-refractivity contribution is -0.145. The SMILES string of the molecule is O=C(O[C@H]1CCOC1=O)c1c2c(nc3ccccc13)/C(=C/c1ccccc1)CCC2. The molecule has 0 spiro atoms. The van der Waals surface area contributed by atoms with Gasteiger partial charge in [0.05, 0.1) is 23.4 Å². The van der Waals surface area contributed by atoms with Crippen LogP contribution in [0.15, 0.2) is 54.6 Å². The number of cyclic esters (lactones) is 1. The van der Waals surface area contributed by atoms with Crippen LogP contribution in [0, 0.1) is 0 Å². The van der Waals surface area contributed by atoms with E-state index in [0.29, 0.717) is 12.0 Å². The number of esters is 2. The van der Waals surface area contributed by atoms with Crippen LogP contribution in [0.3, 0.4) is 0 Å². The zero-order chi connectivity index (χ0) is 20.5. The van der Waals surface area contributed by atoms with Crippen molar-refractivity contribution in [2.24, 2.45) is 0 Å². The second-order valence-corrected chi connectivity index (χ2v) is 7.62. The molecule has 30 heavy (non-hydrogen) atoms. The van der Waals surface area contributed by atoms with Crippen molar-refractivity contribution in [3.8, 4) is 0 Å². The summed E-state index contributed by atoms with van der Waals surface area (Å²) in [6, 6.07) is 17.7. The number of rotatable bonds is 3. The zero-order valence-electron chi connectivity index (χ0n) is 16.5. The van der Waals surface area contributed by atoms with Crippen molar-refractivity contribution < 1.29 is 19.1 Å². The van der Waals surface area contributed by atoms with E-state index in [0.717, 1.165) is 52.6 Å². The van der Waals surface area contributed by atoms with Gasteiger partial charge in [0.1, 0.15) is 0 Å². The van der Waals surface area contributed by atoms with Crippen LogP contribution in [0.25, 0.3) is 22.6 Å². The Kier molecular flexibility index (Phi) is 4.79. The van der Waals surface area contributed by atoms with Gasteiger partial charge < -0.3 is 9.47 Å². The van der Waals surface area contributed by atoms with Crippen LogP contribution in [0.1, 0.15) is 46.4 Å². The highest BCUT2D eigenvalue weighted by atomic mass is 16.6. The zero-order valence-corrected chi connectivity index (χ0v) is 16.5. The molecule has 0 N–H and O–H groups in total. The third-order valence-electron chi connectivity index (χ3n) is 5.65. The molecule has 5 heteroatoms. The standard InChI is InChI=1S/C25H21NO4/c27-24-21(13-14-29-24)30-25(28)22-18-10-4-5-12-20(18)26-23-17(9-6-11-19(22)23)15-16-7-2-1-3-8-16/h1-5,7-8,10,12,15,21H,6,9,11,13-14H2/b17-15+/t21-/m0/s1. The Bertz CT molecular complexity index is 1170. The van der Waals surface area contributed by atoms with Crippen molar-refractivity contribution >= 4 is 34.5 Å². The van der Waals surface area contributed by atoms with Crippen LogP contribution in [0.4, 0.5) is 0 Å². The van der Waals surface area contributed by atoms with Crippen LogP contribution in [-0.2, 0) is 20.7 Å². The second kappa shape index (κ2) is 7.75. The summed E-state index contributed by atoms with van der Waals surface area (Å²) in [6.45, 7) is 0.288. The number of carbonyl (C=O) groups excluding carboxylic acids is 2. The van der Waals surface area contributed by atoms with Crippen molar-refractivity contribution in [2.75, 3.05) is 6.61 Å². The number of hydrogen-bond donors (Lipinski definition) is 0. The van der Waals surface area contributed by atoms with E-state index in [-0.39, 0.29) is 6.61 Å². The van der Waals surface area contributed by atoms with E-state index in [4.69, 9.17) is 14.5 Å². The fraction of sp³-hybridized carbons (Fsp3) is 0.240. The van der Waals surface area contributed by atoms with Gasteiger partial charge in [0.2, 0.25) is 6.10 Å². The summed E-state index contributed by atoms with van der Waals surface area (Å²) in [6.07, 6.45) is 4.29. The van der Waals surface area contributed by atoms with Crippen molar-refractivity contribution in [1.82, 2.24) is 4.98 Å². The second-order valence-electron chi connectivity index (χ2n) is 7.62. The number of aromatic nitrogens is 1. The Morgan fingerprint density at radius 2 is 1.87 bits per heavy atom. The third kappa shape index (κ3) is 3.36. The highest BCUT2D eigenvalue weighted by Gasteiger charge is 2.33. The Balaban J connectivity index is 1.64. The third-order valence-corrected chi connectivity index (χ3v) is 5.65. The molecule has 2 aromatic carbocycles. The molecule has 1 saturated heterocycles. The smallest absolute Gasteiger partial charge is 0.347 e. The summed E-state index contributed by atoms with van der Waals surface area (Å²) >= 11 is 0. The van der Waals surface area contributed by atoms with E-state index in [1.54, 1.807) is 0 Å². The molecule has 0 amide bonds. The highest BCUT2D eigenvalue weighted by molar-refractivity contribution is 6.07. The molecule has 1 atom stereocenters. The van der Waals surface area contributed by atoms with Crippen LogP contribution in [0.2, 0.25) is 0 Å². The minimum Gasteiger partial charge on any atom is -0.463 e. The number of para-hydroxylation sites is 1. The Labute approximate surface area is 174 Å². The molecule has 0 unspecified atom stereocenters. The van der Waals surface area contributed by atoms with E-state index >= 15 is 0 Å². The molecule has 5 rings (SSSR count). The molecule has 150 valence electrons. The first-order valence-corrected chi connectivity index (χ1v) is 10.3. The van der Waals surface area contributed by atoms with Gasteiger partial charge in [0.15, 0.2) is 0 Å². The predicted molar refractivity (Wildman–Crippen MR) is 114 cm³/mol. The van der Waals surface area contributed by atoms with E-state index < -0.39 is 18.0 Å². The van der Waals surface area contributed by atoms with Gasteiger partial charge in [-0.15, -0.1) is 0 Å². The number of nitrogens with zero attached hydrogens (tertiary/aromatic N) is 1. The first-order chi connectivity index (χ1) is 14.7. The van der Waals surface area contributed by atoms with Crippen molar-refractivity contribution in [3.63, 3.8) is 0 Å². The van der Waals surface area contributed by atoms with Crippen molar-refractivity contribution in [1.29, 1.82) is 0 Å². The average molecular weight is 399 g/mol. The number of pyridine rings is 1. The van der Waals surface area contributed by atoms with E-state index in [2.05, 4.69) is 18.2 Å². The molecule has 1 aliphatic heterocycles. The van der Waals surface area contributed by atoms with E-state index in [1.807, 2.05) is 42.5 Å². The quantitative estimate of drug-likeness (QED) is 0.603. The monoisotopic (exact) mass is 399 g/mol. The topological polar surface area (TPSA) is 65.5 Å². The number of hydrogen-bond acceptors (Lipinski definition) is 5. The molecular formula is C25H21NO4. The summed E-state index contributed by atoms with van der Waals surface area (Å²) in [5.41, 5.74) is 5.24. The lowest BCUT2D eigenvalue weighted by Crippen LogP contribution is -2.24. The summed E-state index contributed by atoms with van der Waals surface area (Å²) in [7, 11) is 0. The average Bonchev–Trinajstić information content (AvgIpc) is 3.17. The summed E-state index contributed by atoms with van der Waals surface area (Å²) in [4.78, 5) is 30.0. The van der Waals surface area contributed by atoms with Gasteiger partial charge in [0, 0.05) is 11.8 Å². The molecule has 5 nitrogen and oxygen atoms in total. The fourth-order valence-corrected chi connectivity index (χ4v) is 4.23. The fourth-order valence-electron chi connectivity index (χ4n) is 4.23. The number of fused-ring (bicyclic) bond motifs is 2. The lowest BCUT2D eigenvalue weighted by atomic mass is 9.86. The minimum absolute atomic E-state index is 0.288. The number of benzene rings is 2. The number of carbonyl (C=O) groups is 2. The molecule has 3 aromatic rings. The van der Waals surface area contributed by atoms with Crippen LogP contribution in [-0.4, -0.2) is 29.6 Å². The molecule has 2 heterocycles. The Morgan fingerprint density at radius 1 is 1.07 bits per heavy atom. The molecule has 2 aliphatic rings. The summed E-state index contributed by atoms with van der Waals surface area (Å²) in [5, 5.41) is 0.758. The molecule has 1 fully saturated rings. The van der Waals surface area contributed by atoms with Crippen LogP contribution in [0.5, 0.6) is 0 Å². The number of allylic oxidation sites excluding steroid dienone is 1. The Hall–Kier alpha value is -3.47. The predicted octanol–water partition coefficient (Wildman–Crippen LogP) is 4.58. The lowest BCUT2D eigenvalue weighted by Gasteiger charge is -2.23. The van der Waals surface area contributed by atoms with Gasteiger partial charge in [0.25, 0.3) is 0 Å². The van der Waals surface area contributed by atoms with Gasteiger partial charge in [-0.05, 0) is 48.1 Å².